The van der Waals surface area contributed by atoms with Gasteiger partial charge in [0.1, 0.15) is 6.29 Å². The molecule has 0 spiro atoms. The van der Waals surface area contributed by atoms with Crippen LogP contribution >= 0.6 is 11.8 Å². The van der Waals surface area contributed by atoms with E-state index in [1.165, 1.54) is 41.8 Å². The van der Waals surface area contributed by atoms with Crippen molar-refractivity contribution in [3.63, 3.8) is 0 Å². The maximum absolute atomic E-state index is 10.9. The van der Waals surface area contributed by atoms with Gasteiger partial charge in [-0.3, -0.25) is 9.69 Å². The van der Waals surface area contributed by atoms with E-state index in [4.69, 9.17) is 0 Å². The van der Waals surface area contributed by atoms with Gasteiger partial charge in [0, 0.05) is 48.9 Å². The van der Waals surface area contributed by atoms with Gasteiger partial charge in [0.15, 0.2) is 0 Å². The number of rotatable bonds is 6. The normalized spacial score (nSPS) is 18.2. The minimum Gasteiger partial charge on any atom is -0.369 e. The second-order valence-corrected chi connectivity index (χ2v) is 8.81. The van der Waals surface area contributed by atoms with Gasteiger partial charge in [-0.2, -0.15) is 0 Å². The highest BCUT2D eigenvalue weighted by molar-refractivity contribution is 7.98. The number of carbonyl (C=O) groups excluding carboxylic acids is 1. The third-order valence-corrected chi connectivity index (χ3v) is 6.99. The number of nitrogens with zero attached hydrogens (tertiary/aromatic N) is 2. The Bertz CT molecular complexity index is 867. The molecule has 0 amide bonds. The number of aldehydes is 1. The summed E-state index contributed by atoms with van der Waals surface area (Å²) < 4.78 is 0. The number of hydrogen-bond donors (Lipinski definition) is 0. The van der Waals surface area contributed by atoms with E-state index in [0.29, 0.717) is 0 Å². The zero-order valence-electron chi connectivity index (χ0n) is 17.3. The summed E-state index contributed by atoms with van der Waals surface area (Å²) in [4.78, 5) is 17.3. The zero-order valence-corrected chi connectivity index (χ0v) is 18.1. The van der Waals surface area contributed by atoms with Gasteiger partial charge in [-0.25, -0.2) is 0 Å². The van der Waals surface area contributed by atoms with Crippen molar-refractivity contribution in [1.82, 2.24) is 4.90 Å². The van der Waals surface area contributed by atoms with Crippen molar-refractivity contribution >= 4 is 29.3 Å². The number of carbonyl (C=O) groups is 1. The molecule has 0 aromatic heterocycles. The summed E-state index contributed by atoms with van der Waals surface area (Å²) in [6.45, 7) is 5.39. The molecule has 0 bridgehead atoms. The Morgan fingerprint density at radius 3 is 2.38 bits per heavy atom. The molecule has 1 aliphatic heterocycles. The van der Waals surface area contributed by atoms with Gasteiger partial charge in [-0.1, -0.05) is 23.8 Å². The van der Waals surface area contributed by atoms with E-state index in [-0.39, 0.29) is 0 Å². The molecule has 1 aliphatic carbocycles. The van der Waals surface area contributed by atoms with Crippen LogP contribution in [0.3, 0.4) is 0 Å². The van der Waals surface area contributed by atoms with Crippen LogP contribution in [0.1, 0.15) is 41.6 Å². The number of allylic oxidation sites excluding steroid dienone is 1. The predicted molar refractivity (Wildman–Crippen MR) is 124 cm³/mol. The molecule has 2 aromatic rings. The van der Waals surface area contributed by atoms with E-state index < -0.39 is 0 Å². The minimum absolute atomic E-state index is 0.745. The monoisotopic (exact) mass is 406 g/mol. The van der Waals surface area contributed by atoms with Crippen LogP contribution in [0.15, 0.2) is 59.0 Å². The lowest BCUT2D eigenvalue weighted by Crippen LogP contribution is -2.47. The highest BCUT2D eigenvalue weighted by atomic mass is 32.2. The topological polar surface area (TPSA) is 23.6 Å². The van der Waals surface area contributed by atoms with E-state index in [1.54, 1.807) is 11.1 Å². The number of piperazine rings is 1. The molecule has 3 nitrogen and oxygen atoms in total. The van der Waals surface area contributed by atoms with Crippen molar-refractivity contribution in [3.8, 4) is 0 Å². The summed E-state index contributed by atoms with van der Waals surface area (Å²) in [6, 6.07) is 16.9. The number of anilines is 1. The third-order valence-electron chi connectivity index (χ3n) is 6.20. The van der Waals surface area contributed by atoms with Crippen LogP contribution in [0.4, 0.5) is 5.69 Å². The molecule has 0 radical (unpaired) electrons. The van der Waals surface area contributed by atoms with Crippen LogP contribution in [0.25, 0.3) is 5.57 Å². The molecule has 2 aromatic carbocycles. The van der Waals surface area contributed by atoms with E-state index in [9.17, 15) is 4.79 Å². The molecule has 152 valence electrons. The molecule has 2 aliphatic rings. The number of benzene rings is 2. The first-order valence-corrected chi connectivity index (χ1v) is 11.9. The summed E-state index contributed by atoms with van der Waals surface area (Å²) in [7, 11) is 0. The molecule has 4 rings (SSSR count). The number of thioether (sulfide) groups is 1. The van der Waals surface area contributed by atoms with Crippen LogP contribution < -0.4 is 4.90 Å². The van der Waals surface area contributed by atoms with Crippen molar-refractivity contribution in [3.05, 3.63) is 65.2 Å². The molecule has 4 heteroatoms. The Hall–Kier alpha value is -2.04. The fraction of sp³-hybridized carbons (Fsp3) is 0.400. The lowest BCUT2D eigenvalue weighted by Gasteiger charge is -2.37. The quantitative estimate of drug-likeness (QED) is 0.475. The average Bonchev–Trinajstić information content (AvgIpc) is 2.80. The lowest BCUT2D eigenvalue weighted by atomic mass is 9.87. The molecule has 0 saturated carbocycles. The Morgan fingerprint density at radius 2 is 1.66 bits per heavy atom. The maximum atomic E-state index is 10.9. The summed E-state index contributed by atoms with van der Waals surface area (Å²) in [5.41, 5.74) is 6.69. The first kappa shape index (κ1) is 20.2. The minimum atomic E-state index is 0.745. The van der Waals surface area contributed by atoms with Crippen LogP contribution in [0.2, 0.25) is 0 Å². The summed E-state index contributed by atoms with van der Waals surface area (Å²) in [6.07, 6.45) is 8.19. The molecule has 0 atom stereocenters. The van der Waals surface area contributed by atoms with Crippen LogP contribution in [-0.4, -0.2) is 50.2 Å². The fourth-order valence-electron chi connectivity index (χ4n) is 4.56. The van der Waals surface area contributed by atoms with Crippen molar-refractivity contribution in [2.45, 2.75) is 30.6 Å². The molecule has 1 fully saturated rings. The molecule has 1 saturated heterocycles. The third kappa shape index (κ3) is 4.76. The molecular weight excluding hydrogens is 376 g/mol. The van der Waals surface area contributed by atoms with Crippen molar-refractivity contribution < 1.29 is 4.79 Å². The van der Waals surface area contributed by atoms with E-state index in [0.717, 1.165) is 44.6 Å². The summed E-state index contributed by atoms with van der Waals surface area (Å²) >= 11 is 1.86. The number of hydrogen-bond acceptors (Lipinski definition) is 4. The first-order valence-electron chi connectivity index (χ1n) is 10.7. The Kier molecular flexibility index (Phi) is 6.73. The SMILES string of the molecule is CSc1ccccc1C1=C(CN2CCN(c3ccc(C=O)cc3)CC2)CCCC1. The van der Waals surface area contributed by atoms with Crippen molar-refractivity contribution in [2.24, 2.45) is 0 Å². The summed E-state index contributed by atoms with van der Waals surface area (Å²) in [5.74, 6) is 0. The molecular formula is C25H30N2OS. The smallest absolute Gasteiger partial charge is 0.150 e. The second kappa shape index (κ2) is 9.64. The standard InChI is InChI=1S/C25H30N2OS/c1-29-25-9-5-4-8-24(25)23-7-3-2-6-21(23)18-26-14-16-27(17-15-26)22-12-10-20(19-28)11-13-22/h4-5,8-13,19H,2-3,6-7,14-18H2,1H3. The van der Waals surface area contributed by atoms with Crippen molar-refractivity contribution in [1.29, 1.82) is 0 Å². The molecule has 29 heavy (non-hydrogen) atoms. The van der Waals surface area contributed by atoms with Gasteiger partial charge in [0.25, 0.3) is 0 Å². The highest BCUT2D eigenvalue weighted by Crippen LogP contribution is 2.37. The second-order valence-electron chi connectivity index (χ2n) is 7.96. The highest BCUT2D eigenvalue weighted by Gasteiger charge is 2.22. The average molecular weight is 407 g/mol. The van der Waals surface area contributed by atoms with Crippen molar-refractivity contribution in [2.75, 3.05) is 43.9 Å². The molecule has 1 heterocycles. The Labute approximate surface area is 178 Å². The van der Waals surface area contributed by atoms with Gasteiger partial charge in [-0.05, 0) is 73.4 Å². The molecule has 0 N–H and O–H groups in total. The fourth-order valence-corrected chi connectivity index (χ4v) is 5.19. The van der Waals surface area contributed by atoms with Crippen LogP contribution in [0.5, 0.6) is 0 Å². The van der Waals surface area contributed by atoms with E-state index in [1.807, 2.05) is 23.9 Å². The largest absolute Gasteiger partial charge is 0.369 e. The first-order chi connectivity index (χ1) is 14.3. The van der Waals surface area contributed by atoms with Crippen LogP contribution in [-0.2, 0) is 0 Å². The van der Waals surface area contributed by atoms with E-state index in [2.05, 4.69) is 52.5 Å². The predicted octanol–water partition coefficient (Wildman–Crippen LogP) is 5.37. The molecule has 0 unspecified atom stereocenters. The van der Waals surface area contributed by atoms with Crippen LogP contribution in [0, 0.1) is 0 Å². The maximum Gasteiger partial charge on any atom is 0.150 e. The Balaban J connectivity index is 1.44. The lowest BCUT2D eigenvalue weighted by molar-refractivity contribution is 0.112. The zero-order chi connectivity index (χ0) is 20.1. The van der Waals surface area contributed by atoms with E-state index >= 15 is 0 Å². The summed E-state index contributed by atoms with van der Waals surface area (Å²) in [5, 5.41) is 0. The van der Waals surface area contributed by atoms with Gasteiger partial charge in [0.05, 0.1) is 0 Å². The van der Waals surface area contributed by atoms with Gasteiger partial charge in [0.2, 0.25) is 0 Å². The van der Waals surface area contributed by atoms with Gasteiger partial charge < -0.3 is 4.90 Å². The van der Waals surface area contributed by atoms with Gasteiger partial charge in [-0.15, -0.1) is 11.8 Å². The van der Waals surface area contributed by atoms with Gasteiger partial charge >= 0.3 is 0 Å². The Morgan fingerprint density at radius 1 is 0.931 bits per heavy atom.